The first-order chi connectivity index (χ1) is 14.5. The number of hydrogen-bond acceptors (Lipinski definition) is 8. The highest BCUT2D eigenvalue weighted by Crippen LogP contribution is 2.25. The van der Waals surface area contributed by atoms with Crippen molar-refractivity contribution in [2.75, 3.05) is 36.8 Å². The highest BCUT2D eigenvalue weighted by atomic mass is 16.3. The average molecular weight is 412 g/mol. The molecule has 0 atom stereocenters. The summed E-state index contributed by atoms with van der Waals surface area (Å²) < 4.78 is 6.82. The standard InChI is InChI=1S/C19H24N8O3/c1-12(28)21-6-7-22-18(29)13-4-8-26(9-5-13)16-11-15(20)27-19(23-16)24-17(25-27)14-3-2-10-30-14/h2-3,10-11,13H,4-9,20H2,1H3,(H,21,28)(H,22,29). The Kier molecular flexibility index (Phi) is 5.50. The molecule has 4 heterocycles. The van der Waals surface area contributed by atoms with Gasteiger partial charge in [0.05, 0.1) is 6.26 Å². The Balaban J connectivity index is 1.38. The second-order valence-corrected chi connectivity index (χ2v) is 7.20. The van der Waals surface area contributed by atoms with Gasteiger partial charge in [-0.3, -0.25) is 9.59 Å². The van der Waals surface area contributed by atoms with Crippen LogP contribution >= 0.6 is 0 Å². The number of rotatable bonds is 6. The van der Waals surface area contributed by atoms with Gasteiger partial charge >= 0.3 is 0 Å². The second-order valence-electron chi connectivity index (χ2n) is 7.20. The summed E-state index contributed by atoms with van der Waals surface area (Å²) in [5.41, 5.74) is 6.16. The molecule has 1 saturated heterocycles. The maximum atomic E-state index is 12.3. The summed E-state index contributed by atoms with van der Waals surface area (Å²) in [6.07, 6.45) is 2.98. The smallest absolute Gasteiger partial charge is 0.256 e. The fraction of sp³-hybridized carbons (Fsp3) is 0.421. The molecule has 3 aromatic rings. The van der Waals surface area contributed by atoms with Gasteiger partial charge in [-0.2, -0.15) is 14.5 Å². The summed E-state index contributed by atoms with van der Waals surface area (Å²) in [6.45, 7) is 3.68. The zero-order chi connectivity index (χ0) is 21.1. The van der Waals surface area contributed by atoms with Crippen molar-refractivity contribution in [3.8, 4) is 11.6 Å². The van der Waals surface area contributed by atoms with Crippen LogP contribution in [0.5, 0.6) is 0 Å². The van der Waals surface area contributed by atoms with E-state index in [9.17, 15) is 9.59 Å². The highest BCUT2D eigenvalue weighted by molar-refractivity contribution is 5.79. The van der Waals surface area contributed by atoms with E-state index in [1.807, 2.05) is 0 Å². The molecule has 0 unspecified atom stereocenters. The van der Waals surface area contributed by atoms with Crippen LogP contribution in [0.25, 0.3) is 17.4 Å². The van der Waals surface area contributed by atoms with E-state index in [4.69, 9.17) is 10.2 Å². The molecule has 30 heavy (non-hydrogen) atoms. The second kappa shape index (κ2) is 8.39. The lowest BCUT2D eigenvalue weighted by atomic mass is 9.96. The highest BCUT2D eigenvalue weighted by Gasteiger charge is 2.26. The minimum Gasteiger partial charge on any atom is -0.461 e. The average Bonchev–Trinajstić information content (AvgIpc) is 3.41. The topological polar surface area (TPSA) is 144 Å². The molecule has 4 rings (SSSR count). The minimum absolute atomic E-state index is 0.0171. The van der Waals surface area contributed by atoms with Gasteiger partial charge in [0.1, 0.15) is 11.6 Å². The number of carbonyl (C=O) groups excluding carboxylic acids is 2. The van der Waals surface area contributed by atoms with Crippen LogP contribution in [0, 0.1) is 5.92 Å². The molecule has 1 fully saturated rings. The van der Waals surface area contributed by atoms with Crippen LogP contribution in [0.1, 0.15) is 19.8 Å². The van der Waals surface area contributed by atoms with Crippen LogP contribution in [-0.2, 0) is 9.59 Å². The molecule has 4 N–H and O–H groups in total. The van der Waals surface area contributed by atoms with Gasteiger partial charge in [0, 0.05) is 45.1 Å². The number of nitrogen functional groups attached to an aromatic ring is 1. The van der Waals surface area contributed by atoms with Crippen molar-refractivity contribution < 1.29 is 14.0 Å². The van der Waals surface area contributed by atoms with Gasteiger partial charge in [-0.1, -0.05) is 0 Å². The van der Waals surface area contributed by atoms with E-state index in [1.165, 1.54) is 11.4 Å². The quantitative estimate of drug-likeness (QED) is 0.495. The van der Waals surface area contributed by atoms with Crippen LogP contribution in [0.4, 0.5) is 11.6 Å². The van der Waals surface area contributed by atoms with Crippen molar-refractivity contribution in [2.45, 2.75) is 19.8 Å². The fourth-order valence-corrected chi connectivity index (χ4v) is 3.49. The van der Waals surface area contributed by atoms with Crippen LogP contribution in [0.3, 0.4) is 0 Å². The molecular weight excluding hydrogens is 388 g/mol. The van der Waals surface area contributed by atoms with E-state index in [0.29, 0.717) is 68.0 Å². The minimum atomic E-state index is -0.106. The van der Waals surface area contributed by atoms with E-state index in [2.05, 4.69) is 30.6 Å². The SMILES string of the molecule is CC(=O)NCCNC(=O)C1CCN(c2cc(N)n3nc(-c4ccco4)nc3n2)CC1. The Morgan fingerprint density at radius 2 is 2.00 bits per heavy atom. The molecule has 0 bridgehead atoms. The molecule has 0 radical (unpaired) electrons. The summed E-state index contributed by atoms with van der Waals surface area (Å²) >= 11 is 0. The van der Waals surface area contributed by atoms with Gasteiger partial charge in [0.2, 0.25) is 17.6 Å². The van der Waals surface area contributed by atoms with Crippen LogP contribution in [-0.4, -0.2) is 57.6 Å². The first kappa shape index (κ1) is 19.7. The molecule has 0 aromatic carbocycles. The van der Waals surface area contributed by atoms with Gasteiger partial charge < -0.3 is 25.7 Å². The number of fused-ring (bicyclic) bond motifs is 1. The van der Waals surface area contributed by atoms with Gasteiger partial charge in [-0.25, -0.2) is 0 Å². The van der Waals surface area contributed by atoms with E-state index in [0.717, 1.165) is 0 Å². The molecule has 3 aromatic heterocycles. The van der Waals surface area contributed by atoms with Gasteiger partial charge in [-0.05, 0) is 25.0 Å². The lowest BCUT2D eigenvalue weighted by Crippen LogP contribution is -2.42. The van der Waals surface area contributed by atoms with Gasteiger partial charge in [0.15, 0.2) is 5.76 Å². The van der Waals surface area contributed by atoms with Crippen molar-refractivity contribution in [1.82, 2.24) is 30.2 Å². The van der Waals surface area contributed by atoms with Crippen LogP contribution < -0.4 is 21.3 Å². The van der Waals surface area contributed by atoms with Crippen LogP contribution in [0.15, 0.2) is 28.9 Å². The summed E-state index contributed by atoms with van der Waals surface area (Å²) in [7, 11) is 0. The van der Waals surface area contributed by atoms with E-state index < -0.39 is 0 Å². The summed E-state index contributed by atoms with van der Waals surface area (Å²) in [6, 6.07) is 5.31. The predicted molar refractivity (Wildman–Crippen MR) is 110 cm³/mol. The maximum absolute atomic E-state index is 12.3. The number of aromatic nitrogens is 4. The van der Waals surface area contributed by atoms with Crippen molar-refractivity contribution in [1.29, 1.82) is 0 Å². The number of nitrogens with two attached hydrogens (primary N) is 1. The number of hydrogen-bond donors (Lipinski definition) is 3. The lowest BCUT2D eigenvalue weighted by molar-refractivity contribution is -0.126. The Morgan fingerprint density at radius 3 is 2.70 bits per heavy atom. The molecule has 0 spiro atoms. The number of furan rings is 1. The van der Waals surface area contributed by atoms with Crippen LogP contribution in [0.2, 0.25) is 0 Å². The molecule has 0 saturated carbocycles. The Morgan fingerprint density at radius 1 is 1.23 bits per heavy atom. The third-order valence-electron chi connectivity index (χ3n) is 5.06. The van der Waals surface area contributed by atoms with E-state index >= 15 is 0 Å². The van der Waals surface area contributed by atoms with Crippen molar-refractivity contribution in [3.63, 3.8) is 0 Å². The first-order valence-corrected chi connectivity index (χ1v) is 9.85. The van der Waals surface area contributed by atoms with Crippen molar-refractivity contribution >= 4 is 29.2 Å². The molecule has 11 heteroatoms. The van der Waals surface area contributed by atoms with Gasteiger partial charge in [0.25, 0.3) is 5.78 Å². The molecule has 1 aliphatic heterocycles. The molecule has 1 aliphatic rings. The lowest BCUT2D eigenvalue weighted by Gasteiger charge is -2.32. The van der Waals surface area contributed by atoms with Crippen molar-refractivity contribution in [3.05, 3.63) is 24.5 Å². The summed E-state index contributed by atoms with van der Waals surface area (Å²) in [4.78, 5) is 34.3. The zero-order valence-corrected chi connectivity index (χ0v) is 16.7. The molecule has 11 nitrogen and oxygen atoms in total. The third-order valence-corrected chi connectivity index (χ3v) is 5.06. The summed E-state index contributed by atoms with van der Waals surface area (Å²) in [5.74, 6) is 2.36. The molecule has 158 valence electrons. The van der Waals surface area contributed by atoms with E-state index in [-0.39, 0.29) is 17.7 Å². The molecular formula is C19H24N8O3. The molecule has 0 aliphatic carbocycles. The van der Waals surface area contributed by atoms with E-state index in [1.54, 1.807) is 24.5 Å². The molecule has 2 amide bonds. The fourth-order valence-electron chi connectivity index (χ4n) is 3.49. The number of anilines is 2. The number of amides is 2. The first-order valence-electron chi connectivity index (χ1n) is 9.85. The zero-order valence-electron chi connectivity index (χ0n) is 16.7. The normalized spacial score (nSPS) is 14.8. The number of piperidine rings is 1. The maximum Gasteiger partial charge on any atom is 0.256 e. The predicted octanol–water partition coefficient (Wildman–Crippen LogP) is 0.435. The van der Waals surface area contributed by atoms with Gasteiger partial charge in [-0.15, -0.1) is 5.10 Å². The third kappa shape index (κ3) is 4.19. The van der Waals surface area contributed by atoms with Crippen molar-refractivity contribution in [2.24, 2.45) is 5.92 Å². The number of carbonyl (C=O) groups is 2. The Bertz CT molecular complexity index is 1040. The monoisotopic (exact) mass is 412 g/mol. The summed E-state index contributed by atoms with van der Waals surface area (Å²) in [5, 5.41) is 9.88. The Labute approximate surface area is 172 Å². The largest absolute Gasteiger partial charge is 0.461 e. The Hall–Kier alpha value is -3.63. The number of nitrogens with one attached hydrogen (secondary N) is 2. The number of nitrogens with zero attached hydrogens (tertiary/aromatic N) is 5.